The van der Waals surface area contributed by atoms with Crippen LogP contribution >= 0.6 is 0 Å². The molecule has 2 nitrogen and oxygen atoms in total. The Morgan fingerprint density at radius 3 is 0.526 bits per heavy atom. The Morgan fingerprint density at radius 2 is 0.395 bits per heavy atom. The molecule has 404 valence electrons. The van der Waals surface area contributed by atoms with E-state index in [0.29, 0.717) is 71.0 Å². The zero-order valence-corrected chi connectivity index (χ0v) is 57.6. The van der Waals surface area contributed by atoms with Gasteiger partial charge in [0.1, 0.15) is 0 Å². The van der Waals surface area contributed by atoms with Gasteiger partial charge in [-0.2, -0.15) is 0 Å². The Kier molecular flexibility index (Phi) is 19.4. The van der Waals surface area contributed by atoms with Crippen molar-refractivity contribution in [2.75, 3.05) is 0 Å². The molecule has 0 saturated heterocycles. The normalized spacial score (nSPS) is 13.3. The second kappa shape index (κ2) is 24.5. The molecule has 0 aliphatic carbocycles. The van der Waals surface area contributed by atoms with E-state index < -0.39 is 39.7 Å². The number of nitrogens with zero attached hydrogens (tertiary/aromatic N) is 2. The minimum absolute atomic E-state index is 0.356. The van der Waals surface area contributed by atoms with Crippen molar-refractivity contribution in [3.05, 3.63) is 152 Å². The monoisotopic (exact) mass is 1230 g/mol. The van der Waals surface area contributed by atoms with Crippen LogP contribution in [0.3, 0.4) is 0 Å². The third-order valence-corrected chi connectivity index (χ3v) is 40.9. The summed E-state index contributed by atoms with van der Waals surface area (Å²) in [7, 11) is 0. The van der Waals surface area contributed by atoms with Crippen molar-refractivity contribution in [3.8, 4) is 44.5 Å². The van der Waals surface area contributed by atoms with E-state index in [0.717, 1.165) is 0 Å². The van der Waals surface area contributed by atoms with Gasteiger partial charge in [-0.25, -0.2) is 0 Å². The van der Waals surface area contributed by atoms with Gasteiger partial charge >= 0.3 is 483 Å². The first-order chi connectivity index (χ1) is 35.7. The maximum absolute atomic E-state index is 6.51. The van der Waals surface area contributed by atoms with E-state index in [4.69, 9.17) is 2.75 Å². The third kappa shape index (κ3) is 12.0. The number of benzene rings is 6. The van der Waals surface area contributed by atoms with Gasteiger partial charge in [0, 0.05) is 0 Å². The van der Waals surface area contributed by atoms with Crippen molar-refractivity contribution in [1.29, 1.82) is 0 Å². The Labute approximate surface area is 479 Å². The quantitative estimate of drug-likeness (QED) is 0.0767. The molecule has 6 aromatic rings. The molecule has 0 atom stereocenters. The zero-order chi connectivity index (χ0) is 56.1. The van der Waals surface area contributed by atoms with Crippen molar-refractivity contribution in [3.63, 3.8) is 0 Å². The van der Waals surface area contributed by atoms with Crippen molar-refractivity contribution in [2.24, 2.45) is 2.75 Å². The zero-order valence-electron chi connectivity index (χ0n) is 51.9. The maximum atomic E-state index is 6.51. The molecule has 0 fully saturated rings. The van der Waals surface area contributed by atoms with Gasteiger partial charge in [-0.05, 0) is 0 Å². The molecule has 0 spiro atoms. The van der Waals surface area contributed by atoms with Crippen LogP contribution < -0.4 is 7.16 Å². The van der Waals surface area contributed by atoms with Gasteiger partial charge in [0.05, 0.1) is 0 Å². The summed E-state index contributed by atoms with van der Waals surface area (Å²) in [6.45, 7) is 57.4. The Morgan fingerprint density at radius 1 is 0.237 bits per heavy atom. The first-order valence-corrected chi connectivity index (χ1v) is 37.8. The van der Waals surface area contributed by atoms with Crippen LogP contribution in [0.2, 0.25) is 0 Å². The molecule has 0 radical (unpaired) electrons. The average molecular weight is 1230 g/mol. The molecule has 1 aliphatic heterocycles. The van der Waals surface area contributed by atoms with Crippen molar-refractivity contribution < 1.29 is 0 Å². The van der Waals surface area contributed by atoms with Crippen LogP contribution in [0.5, 0.6) is 0 Å². The summed E-state index contributed by atoms with van der Waals surface area (Å²) < 4.78 is 16.0. The van der Waals surface area contributed by atoms with Crippen LogP contribution in [0.4, 0.5) is 0 Å². The fourth-order valence-electron chi connectivity index (χ4n) is 11.9. The first-order valence-electron chi connectivity index (χ1n) is 29.8. The Bertz CT molecular complexity index is 2640. The molecule has 0 N–H and O–H groups in total. The summed E-state index contributed by atoms with van der Waals surface area (Å²) in [4.78, 5) is 0. The van der Waals surface area contributed by atoms with Gasteiger partial charge in [-0.1, -0.05) is 0 Å². The standard InChI is InChI=1S/2C36H49.2N.2Sn/c2*1-21(2)29-17-31(23(5)6)35(32(18-29)24(7)8)27-14-13-15-28(16-27)36-33(25(9)10)19-30(22(3)4)20-34(36)26(11)12;;;;/h2*13-15,17-26H,1-12H3;;;;. The predicted molar refractivity (Wildman–Crippen MR) is 339 cm³/mol. The molecule has 0 amide bonds. The van der Waals surface area contributed by atoms with Gasteiger partial charge in [0.15, 0.2) is 0 Å². The van der Waals surface area contributed by atoms with Crippen LogP contribution in [0.25, 0.3) is 44.5 Å². The fraction of sp³-hybridized carbons (Fsp3) is 0.500. The van der Waals surface area contributed by atoms with Crippen LogP contribution in [-0.4, -0.2) is 39.7 Å². The minimum atomic E-state index is -3.19. The third-order valence-electron chi connectivity index (χ3n) is 16.6. The molecule has 0 bridgehead atoms. The van der Waals surface area contributed by atoms with E-state index in [2.05, 4.69) is 251 Å². The molecule has 7 rings (SSSR count). The van der Waals surface area contributed by atoms with Crippen LogP contribution in [-0.2, 0) is 0 Å². The summed E-state index contributed by atoms with van der Waals surface area (Å²) in [6, 6.07) is 35.2. The topological polar surface area (TPSA) is 24.7 Å². The van der Waals surface area contributed by atoms with Crippen LogP contribution in [0.1, 0.15) is 304 Å². The molecule has 1 heterocycles. The van der Waals surface area contributed by atoms with E-state index in [1.54, 1.807) is 0 Å². The summed E-state index contributed by atoms with van der Waals surface area (Å²) in [5.41, 5.74) is 28.8. The number of rotatable bonds is 18. The van der Waals surface area contributed by atoms with Crippen molar-refractivity contribution >= 4 is 46.9 Å². The SMILES string of the molecule is CC(C)c1cc(C(C)C)c(-c2cccc(-c3c(C(C)C)cc(C(C)C)cc3C(C)C)[c]2[Sn]2=[N][Sn]([c]3c(-c4c(C(C)C)cc(C(C)C)cc4C(C)C)cccc3-c3c(C(C)C)cc(C(C)C)cc3C(C)C)=[N]2)c(C(C)C)c1. The van der Waals surface area contributed by atoms with E-state index in [1.165, 1.54) is 118 Å². The van der Waals surface area contributed by atoms with Crippen LogP contribution in [0, 0.1) is 0 Å². The molecule has 4 heteroatoms. The summed E-state index contributed by atoms with van der Waals surface area (Å²) in [5, 5.41) is 0. The van der Waals surface area contributed by atoms with Gasteiger partial charge < -0.3 is 0 Å². The number of hydrogen-bond donors (Lipinski definition) is 0. The molecule has 0 aromatic heterocycles. The van der Waals surface area contributed by atoms with Crippen LogP contribution in [0.15, 0.2) is 87.7 Å². The predicted octanol–water partition coefficient (Wildman–Crippen LogP) is 21.5. The first kappa shape index (κ1) is 60.2. The van der Waals surface area contributed by atoms with E-state index >= 15 is 0 Å². The van der Waals surface area contributed by atoms with E-state index in [1.807, 2.05) is 0 Å². The summed E-state index contributed by atoms with van der Waals surface area (Å²) in [6.07, 6.45) is 0. The molecule has 0 saturated carbocycles. The molecule has 1 aliphatic rings. The fourth-order valence-corrected chi connectivity index (χ4v) is 35.9. The molecule has 0 unspecified atom stereocenters. The molecular weight excluding hydrogens is 1130 g/mol. The number of hydrogen-bond acceptors (Lipinski definition) is 2. The van der Waals surface area contributed by atoms with E-state index in [9.17, 15) is 0 Å². The molecular formula is C72H98N2Sn2. The second-order valence-corrected chi connectivity index (χ2v) is 42.9. The Balaban J connectivity index is 1.69. The van der Waals surface area contributed by atoms with Crippen molar-refractivity contribution in [1.82, 2.24) is 0 Å². The molecule has 6 aromatic carbocycles. The van der Waals surface area contributed by atoms with Crippen molar-refractivity contribution in [2.45, 2.75) is 237 Å². The average Bonchev–Trinajstić information content (AvgIpc) is 3.33. The summed E-state index contributed by atoms with van der Waals surface area (Å²) in [5.74, 6) is 4.62. The summed E-state index contributed by atoms with van der Waals surface area (Å²) >= 11 is -6.39. The van der Waals surface area contributed by atoms with Gasteiger partial charge in [-0.15, -0.1) is 0 Å². The van der Waals surface area contributed by atoms with Gasteiger partial charge in [0.2, 0.25) is 0 Å². The Hall–Kier alpha value is -3.48. The van der Waals surface area contributed by atoms with Gasteiger partial charge in [-0.3, -0.25) is 0 Å². The van der Waals surface area contributed by atoms with E-state index in [-0.39, 0.29) is 0 Å². The second-order valence-electron chi connectivity index (χ2n) is 26.5. The van der Waals surface area contributed by atoms with Gasteiger partial charge in [0.25, 0.3) is 0 Å². The molecule has 76 heavy (non-hydrogen) atoms.